The number of hydrogen-bond donors (Lipinski definition) is 2. The van der Waals surface area contributed by atoms with Crippen LogP contribution < -0.4 is 10.6 Å². The third-order valence-electron chi connectivity index (χ3n) is 7.13. The molecule has 1 aromatic heterocycles. The highest BCUT2D eigenvalue weighted by Crippen LogP contribution is 2.32. The summed E-state index contributed by atoms with van der Waals surface area (Å²) in [6.45, 7) is 2.19. The highest BCUT2D eigenvalue weighted by Gasteiger charge is 2.33. The first-order chi connectivity index (χ1) is 20.3. The summed E-state index contributed by atoms with van der Waals surface area (Å²) in [5.74, 6) is -1.45. The lowest BCUT2D eigenvalue weighted by molar-refractivity contribution is -0.149. The molecule has 10 nitrogen and oxygen atoms in total. The van der Waals surface area contributed by atoms with Crippen LogP contribution in [-0.2, 0) is 19.6 Å². The van der Waals surface area contributed by atoms with Gasteiger partial charge in [0.2, 0.25) is 15.8 Å². The number of carbonyl (C=O) groups excluding carboxylic acids is 3. The Bertz CT molecular complexity index is 1710. The SMILES string of the molecule is CCOC(=O)C1CCN(S(=O)(=O)c2cccc(C(=O)CNc3c(C(=O)Nc4ccccc4)oc4ccccc34)c2)CC1. The molecule has 2 heterocycles. The zero-order valence-electron chi connectivity index (χ0n) is 23.0. The molecule has 1 saturated heterocycles. The summed E-state index contributed by atoms with van der Waals surface area (Å²) in [6, 6.07) is 21.9. The zero-order valence-corrected chi connectivity index (χ0v) is 23.9. The average Bonchev–Trinajstić information content (AvgIpc) is 3.39. The van der Waals surface area contributed by atoms with Crippen molar-refractivity contribution in [1.29, 1.82) is 0 Å². The van der Waals surface area contributed by atoms with Crippen LogP contribution in [-0.4, -0.2) is 56.6 Å². The molecule has 0 aliphatic carbocycles. The Morgan fingerprint density at radius 2 is 1.67 bits per heavy atom. The molecule has 42 heavy (non-hydrogen) atoms. The maximum atomic E-state index is 13.4. The van der Waals surface area contributed by atoms with Gasteiger partial charge in [-0.05, 0) is 56.2 Å². The van der Waals surface area contributed by atoms with Crippen LogP contribution >= 0.6 is 0 Å². The third-order valence-corrected chi connectivity index (χ3v) is 9.02. The lowest BCUT2D eigenvalue weighted by atomic mass is 9.98. The average molecular weight is 590 g/mol. The number of carbonyl (C=O) groups is 3. The van der Waals surface area contributed by atoms with Crippen molar-refractivity contribution in [2.24, 2.45) is 5.92 Å². The number of piperidine rings is 1. The first-order valence-electron chi connectivity index (χ1n) is 13.7. The lowest BCUT2D eigenvalue weighted by Gasteiger charge is -2.30. The van der Waals surface area contributed by atoms with Crippen LogP contribution in [0.5, 0.6) is 0 Å². The number of esters is 1. The van der Waals surface area contributed by atoms with Gasteiger partial charge in [0.15, 0.2) is 5.78 Å². The van der Waals surface area contributed by atoms with Crippen LogP contribution in [0.2, 0.25) is 0 Å². The van der Waals surface area contributed by atoms with E-state index in [0.29, 0.717) is 35.2 Å². The van der Waals surface area contributed by atoms with Gasteiger partial charge in [0.05, 0.1) is 29.7 Å². The van der Waals surface area contributed by atoms with E-state index in [9.17, 15) is 22.8 Å². The van der Waals surface area contributed by atoms with E-state index in [4.69, 9.17) is 9.15 Å². The van der Waals surface area contributed by atoms with Gasteiger partial charge < -0.3 is 19.8 Å². The van der Waals surface area contributed by atoms with Crippen molar-refractivity contribution >= 4 is 50.0 Å². The minimum absolute atomic E-state index is 0.000349. The number of rotatable bonds is 10. The molecule has 5 rings (SSSR count). The van der Waals surface area contributed by atoms with Crippen molar-refractivity contribution in [3.63, 3.8) is 0 Å². The molecule has 218 valence electrons. The number of Topliss-reactive ketones (excluding diaryl/α,β-unsaturated/α-hetero) is 1. The summed E-state index contributed by atoms with van der Waals surface area (Å²) in [6.07, 6.45) is 0.749. The van der Waals surface area contributed by atoms with Crippen LogP contribution in [0.15, 0.2) is 88.2 Å². The fourth-order valence-electron chi connectivity index (χ4n) is 4.93. The Labute approximate surface area is 243 Å². The van der Waals surface area contributed by atoms with E-state index in [2.05, 4.69) is 10.6 Å². The fourth-order valence-corrected chi connectivity index (χ4v) is 6.45. The summed E-state index contributed by atoms with van der Waals surface area (Å²) in [7, 11) is -3.87. The van der Waals surface area contributed by atoms with Crippen molar-refractivity contribution in [2.75, 3.05) is 36.9 Å². The number of benzene rings is 3. The molecule has 0 spiro atoms. The molecule has 1 aliphatic heterocycles. The number of para-hydroxylation sites is 2. The van der Waals surface area contributed by atoms with E-state index < -0.39 is 15.9 Å². The number of nitrogens with zero attached hydrogens (tertiary/aromatic N) is 1. The minimum Gasteiger partial charge on any atom is -0.466 e. The van der Waals surface area contributed by atoms with Crippen LogP contribution in [0.4, 0.5) is 11.4 Å². The second-order valence-corrected chi connectivity index (χ2v) is 11.8. The first kappa shape index (κ1) is 29.0. The highest BCUT2D eigenvalue weighted by atomic mass is 32.2. The monoisotopic (exact) mass is 589 g/mol. The van der Waals surface area contributed by atoms with Crippen LogP contribution in [0, 0.1) is 5.92 Å². The Hall–Kier alpha value is -4.48. The molecule has 11 heteroatoms. The summed E-state index contributed by atoms with van der Waals surface area (Å²) in [5.41, 5.74) is 1.63. The van der Waals surface area contributed by atoms with Crippen molar-refractivity contribution < 1.29 is 32.0 Å². The van der Waals surface area contributed by atoms with Crippen LogP contribution in [0.25, 0.3) is 11.0 Å². The number of amides is 1. The minimum atomic E-state index is -3.87. The maximum absolute atomic E-state index is 13.4. The highest BCUT2D eigenvalue weighted by molar-refractivity contribution is 7.89. The second kappa shape index (κ2) is 12.6. The maximum Gasteiger partial charge on any atom is 0.309 e. The number of anilines is 2. The molecule has 0 atom stereocenters. The molecule has 0 saturated carbocycles. The van der Waals surface area contributed by atoms with Gasteiger partial charge in [0.1, 0.15) is 5.58 Å². The van der Waals surface area contributed by atoms with Crippen molar-refractivity contribution in [2.45, 2.75) is 24.7 Å². The smallest absolute Gasteiger partial charge is 0.309 e. The number of sulfonamides is 1. The molecule has 0 bridgehead atoms. The Morgan fingerprint density at radius 3 is 2.40 bits per heavy atom. The predicted octanol–water partition coefficient (Wildman–Crippen LogP) is 4.94. The molecule has 0 radical (unpaired) electrons. The van der Waals surface area contributed by atoms with Gasteiger partial charge >= 0.3 is 5.97 Å². The third kappa shape index (κ3) is 6.22. The summed E-state index contributed by atoms with van der Waals surface area (Å²) < 4.78 is 38.9. The lowest BCUT2D eigenvalue weighted by Crippen LogP contribution is -2.40. The molecule has 1 fully saturated rings. The fraction of sp³-hybridized carbons (Fsp3) is 0.258. The topological polar surface area (TPSA) is 135 Å². The number of furan rings is 1. The van der Waals surface area contributed by atoms with Crippen molar-refractivity contribution in [3.8, 4) is 0 Å². The van der Waals surface area contributed by atoms with E-state index in [1.165, 1.54) is 22.5 Å². The van der Waals surface area contributed by atoms with Gasteiger partial charge in [0.25, 0.3) is 5.91 Å². The largest absolute Gasteiger partial charge is 0.466 e. The molecular weight excluding hydrogens is 558 g/mol. The summed E-state index contributed by atoms with van der Waals surface area (Å²) >= 11 is 0. The number of fused-ring (bicyclic) bond motifs is 1. The molecule has 4 aromatic rings. The van der Waals surface area contributed by atoms with Crippen LogP contribution in [0.3, 0.4) is 0 Å². The zero-order chi connectivity index (χ0) is 29.7. The van der Waals surface area contributed by atoms with Gasteiger partial charge in [-0.1, -0.05) is 42.5 Å². The molecule has 0 unspecified atom stereocenters. The normalized spacial score (nSPS) is 14.4. The Morgan fingerprint density at radius 1 is 0.952 bits per heavy atom. The predicted molar refractivity (Wildman–Crippen MR) is 158 cm³/mol. The van der Waals surface area contributed by atoms with Crippen molar-refractivity contribution in [1.82, 2.24) is 4.31 Å². The Balaban J connectivity index is 1.30. The van der Waals surface area contributed by atoms with E-state index in [-0.39, 0.29) is 60.1 Å². The molecule has 1 aliphatic rings. The standard InChI is InChI=1S/C31H31N3O7S/c1-2-40-31(37)21-15-17-34(18-16-21)42(38,39)24-12-8-9-22(19-24)26(35)20-32-28-25-13-6-7-14-27(25)41-29(28)30(36)33-23-10-4-3-5-11-23/h3-14,19,21,32H,2,15-18,20H2,1H3,(H,33,36). The number of ketones is 1. The van der Waals surface area contributed by atoms with Gasteiger partial charge in [-0.2, -0.15) is 4.31 Å². The van der Waals surface area contributed by atoms with Crippen LogP contribution in [0.1, 0.15) is 40.7 Å². The first-order valence-corrected chi connectivity index (χ1v) is 15.1. The molecular formula is C31H31N3O7S. The number of ether oxygens (including phenoxy) is 1. The molecule has 2 N–H and O–H groups in total. The molecule has 1 amide bonds. The summed E-state index contributed by atoms with van der Waals surface area (Å²) in [4.78, 5) is 38.4. The van der Waals surface area contributed by atoms with E-state index >= 15 is 0 Å². The number of hydrogen-bond acceptors (Lipinski definition) is 8. The van der Waals surface area contributed by atoms with Gasteiger partial charge in [-0.3, -0.25) is 14.4 Å². The van der Waals surface area contributed by atoms with E-state index in [0.717, 1.165) is 0 Å². The number of nitrogens with one attached hydrogen (secondary N) is 2. The van der Waals surface area contributed by atoms with Gasteiger partial charge in [-0.25, -0.2) is 8.42 Å². The summed E-state index contributed by atoms with van der Waals surface area (Å²) in [5, 5.41) is 6.47. The van der Waals surface area contributed by atoms with E-state index in [1.807, 2.05) is 6.07 Å². The Kier molecular flexibility index (Phi) is 8.69. The van der Waals surface area contributed by atoms with E-state index in [1.54, 1.807) is 61.5 Å². The quantitative estimate of drug-likeness (QED) is 0.196. The van der Waals surface area contributed by atoms with Crippen molar-refractivity contribution in [3.05, 3.63) is 90.2 Å². The second-order valence-electron chi connectivity index (χ2n) is 9.86. The van der Waals surface area contributed by atoms with Gasteiger partial charge in [-0.15, -0.1) is 0 Å². The molecule has 3 aromatic carbocycles. The van der Waals surface area contributed by atoms with Gasteiger partial charge in [0, 0.05) is 29.7 Å².